The second-order valence-electron chi connectivity index (χ2n) is 5.72. The number of hydrogen-bond acceptors (Lipinski definition) is 3. The van der Waals surface area contributed by atoms with Gasteiger partial charge >= 0.3 is 0 Å². The summed E-state index contributed by atoms with van der Waals surface area (Å²) in [5.41, 5.74) is 0. The Morgan fingerprint density at radius 3 is 2.24 bits per heavy atom. The van der Waals surface area contributed by atoms with Gasteiger partial charge in [-0.15, -0.1) is 0 Å². The van der Waals surface area contributed by atoms with Gasteiger partial charge in [0.15, 0.2) is 0 Å². The summed E-state index contributed by atoms with van der Waals surface area (Å²) in [6.07, 6.45) is 5.28. The Hall–Kier alpha value is -0.120. The molecule has 100 valence electrons. The van der Waals surface area contributed by atoms with Crippen molar-refractivity contribution < 1.29 is 5.11 Å². The van der Waals surface area contributed by atoms with Crippen LogP contribution >= 0.6 is 0 Å². The van der Waals surface area contributed by atoms with Crippen molar-refractivity contribution in [3.05, 3.63) is 0 Å². The van der Waals surface area contributed by atoms with E-state index in [1.165, 1.54) is 58.4 Å². The van der Waals surface area contributed by atoms with Crippen LogP contribution in [0.15, 0.2) is 0 Å². The quantitative estimate of drug-likeness (QED) is 0.787. The van der Waals surface area contributed by atoms with E-state index in [1.807, 2.05) is 0 Å². The minimum absolute atomic E-state index is 0.382. The van der Waals surface area contributed by atoms with Crippen LogP contribution < -0.4 is 0 Å². The van der Waals surface area contributed by atoms with Crippen LogP contribution in [0.1, 0.15) is 32.6 Å². The molecule has 0 aromatic carbocycles. The molecule has 2 saturated heterocycles. The van der Waals surface area contributed by atoms with E-state index in [9.17, 15) is 5.11 Å². The fourth-order valence-electron chi connectivity index (χ4n) is 3.39. The van der Waals surface area contributed by atoms with Crippen LogP contribution in [0.5, 0.6) is 0 Å². The number of rotatable bonds is 5. The highest BCUT2D eigenvalue weighted by Gasteiger charge is 2.27. The topological polar surface area (TPSA) is 26.7 Å². The van der Waals surface area contributed by atoms with E-state index in [0.717, 1.165) is 12.5 Å². The predicted octanol–water partition coefficient (Wildman–Crippen LogP) is 1.42. The molecule has 0 aromatic heterocycles. The van der Waals surface area contributed by atoms with Crippen molar-refractivity contribution in [2.24, 2.45) is 11.8 Å². The third-order valence-corrected chi connectivity index (χ3v) is 4.67. The number of likely N-dealkylation sites (tertiary alicyclic amines) is 2. The first kappa shape index (κ1) is 13.3. The molecule has 0 spiro atoms. The Labute approximate surface area is 106 Å². The molecule has 17 heavy (non-hydrogen) atoms. The van der Waals surface area contributed by atoms with E-state index in [4.69, 9.17) is 0 Å². The maximum Gasteiger partial charge on any atom is 0.0474 e. The lowest BCUT2D eigenvalue weighted by atomic mass is 9.84. The van der Waals surface area contributed by atoms with Crippen molar-refractivity contribution >= 4 is 0 Å². The van der Waals surface area contributed by atoms with E-state index >= 15 is 0 Å². The summed E-state index contributed by atoms with van der Waals surface area (Å²) in [6, 6.07) is 0. The smallest absolute Gasteiger partial charge is 0.0474 e. The molecule has 0 saturated carbocycles. The van der Waals surface area contributed by atoms with Crippen LogP contribution in [0.2, 0.25) is 0 Å². The van der Waals surface area contributed by atoms with Crippen molar-refractivity contribution in [3.8, 4) is 0 Å². The first-order valence-corrected chi connectivity index (χ1v) is 7.39. The molecule has 1 atom stereocenters. The van der Waals surface area contributed by atoms with Gasteiger partial charge < -0.3 is 14.9 Å². The van der Waals surface area contributed by atoms with Gasteiger partial charge in [0.2, 0.25) is 0 Å². The maximum absolute atomic E-state index is 9.62. The number of aliphatic hydroxyl groups is 1. The van der Waals surface area contributed by atoms with Gasteiger partial charge in [0, 0.05) is 13.2 Å². The van der Waals surface area contributed by atoms with Gasteiger partial charge in [-0.2, -0.15) is 0 Å². The monoisotopic (exact) mass is 240 g/mol. The van der Waals surface area contributed by atoms with E-state index in [0.29, 0.717) is 12.5 Å². The molecular formula is C14H28N2O. The molecule has 0 amide bonds. The summed E-state index contributed by atoms with van der Waals surface area (Å²) in [5.74, 6) is 1.27. The van der Waals surface area contributed by atoms with Gasteiger partial charge in [-0.05, 0) is 70.2 Å². The summed E-state index contributed by atoms with van der Waals surface area (Å²) in [5, 5.41) is 9.62. The number of aliphatic hydroxyl groups excluding tert-OH is 1. The zero-order chi connectivity index (χ0) is 12.1. The molecular weight excluding hydrogens is 212 g/mol. The average Bonchev–Trinajstić information content (AvgIpc) is 2.89. The molecule has 1 N–H and O–H groups in total. The number of piperidine rings is 1. The first-order chi connectivity index (χ1) is 8.33. The fraction of sp³-hybridized carbons (Fsp3) is 1.00. The molecule has 0 aromatic rings. The Morgan fingerprint density at radius 1 is 1.06 bits per heavy atom. The van der Waals surface area contributed by atoms with E-state index in [1.54, 1.807) is 0 Å². The molecule has 0 aliphatic carbocycles. The zero-order valence-electron chi connectivity index (χ0n) is 11.3. The van der Waals surface area contributed by atoms with Gasteiger partial charge in [0.1, 0.15) is 0 Å². The minimum atomic E-state index is 0.382. The van der Waals surface area contributed by atoms with Crippen molar-refractivity contribution in [2.75, 3.05) is 45.9 Å². The molecule has 2 aliphatic heterocycles. The molecule has 2 heterocycles. The molecule has 2 rings (SSSR count). The fourth-order valence-corrected chi connectivity index (χ4v) is 3.39. The van der Waals surface area contributed by atoms with Crippen LogP contribution in [-0.2, 0) is 0 Å². The largest absolute Gasteiger partial charge is 0.396 e. The number of nitrogens with zero attached hydrogens (tertiary/aromatic N) is 2. The summed E-state index contributed by atoms with van der Waals surface area (Å²) < 4.78 is 0. The lowest BCUT2D eigenvalue weighted by Gasteiger charge is -2.36. The third kappa shape index (κ3) is 3.67. The minimum Gasteiger partial charge on any atom is -0.396 e. The van der Waals surface area contributed by atoms with E-state index in [2.05, 4.69) is 16.7 Å². The standard InChI is InChI=1S/C14H28N2O/c1-2-15-9-5-13(6-10-15)14(12-17)11-16-7-3-4-8-16/h13-14,17H,2-12H2,1H3. The summed E-state index contributed by atoms with van der Waals surface area (Å²) in [4.78, 5) is 5.08. The van der Waals surface area contributed by atoms with Crippen LogP contribution in [0.3, 0.4) is 0 Å². The SMILES string of the molecule is CCN1CCC(C(CO)CN2CCCC2)CC1. The number of hydrogen-bond donors (Lipinski definition) is 1. The summed E-state index contributed by atoms with van der Waals surface area (Å²) in [7, 11) is 0. The van der Waals surface area contributed by atoms with E-state index in [-0.39, 0.29) is 0 Å². The molecule has 2 aliphatic rings. The zero-order valence-corrected chi connectivity index (χ0v) is 11.3. The van der Waals surface area contributed by atoms with Crippen LogP contribution in [0.4, 0.5) is 0 Å². The highest BCUT2D eigenvalue weighted by atomic mass is 16.3. The molecule has 2 fully saturated rings. The third-order valence-electron chi connectivity index (χ3n) is 4.67. The lowest BCUT2D eigenvalue weighted by Crippen LogP contribution is -2.40. The van der Waals surface area contributed by atoms with Gasteiger partial charge in [-0.1, -0.05) is 6.92 Å². The molecule has 1 unspecified atom stereocenters. The Morgan fingerprint density at radius 2 is 1.71 bits per heavy atom. The second kappa shape index (κ2) is 6.72. The Balaban J connectivity index is 1.77. The molecule has 3 nitrogen and oxygen atoms in total. The first-order valence-electron chi connectivity index (χ1n) is 7.39. The van der Waals surface area contributed by atoms with Gasteiger partial charge in [0.25, 0.3) is 0 Å². The van der Waals surface area contributed by atoms with Gasteiger partial charge in [-0.25, -0.2) is 0 Å². The molecule has 0 bridgehead atoms. The van der Waals surface area contributed by atoms with Crippen molar-refractivity contribution in [1.29, 1.82) is 0 Å². The molecule has 3 heteroatoms. The van der Waals surface area contributed by atoms with Gasteiger partial charge in [-0.3, -0.25) is 0 Å². The molecule has 0 radical (unpaired) electrons. The van der Waals surface area contributed by atoms with Crippen molar-refractivity contribution in [1.82, 2.24) is 9.80 Å². The lowest BCUT2D eigenvalue weighted by molar-refractivity contribution is 0.0861. The average molecular weight is 240 g/mol. The Kier molecular flexibility index (Phi) is 5.26. The normalized spacial score (nSPS) is 26.5. The van der Waals surface area contributed by atoms with Gasteiger partial charge in [0.05, 0.1) is 0 Å². The Bertz CT molecular complexity index is 208. The summed E-state index contributed by atoms with van der Waals surface area (Å²) >= 11 is 0. The highest BCUT2D eigenvalue weighted by Crippen LogP contribution is 2.26. The van der Waals surface area contributed by atoms with Crippen LogP contribution in [0, 0.1) is 11.8 Å². The van der Waals surface area contributed by atoms with Crippen molar-refractivity contribution in [3.63, 3.8) is 0 Å². The highest BCUT2D eigenvalue weighted by molar-refractivity contribution is 4.80. The maximum atomic E-state index is 9.62. The second-order valence-corrected chi connectivity index (χ2v) is 5.72. The van der Waals surface area contributed by atoms with Crippen molar-refractivity contribution in [2.45, 2.75) is 32.6 Å². The van der Waals surface area contributed by atoms with Crippen LogP contribution in [-0.4, -0.2) is 60.8 Å². The van der Waals surface area contributed by atoms with Crippen LogP contribution in [0.25, 0.3) is 0 Å². The summed E-state index contributed by atoms with van der Waals surface area (Å²) in [6.45, 7) is 9.92. The predicted molar refractivity (Wildman–Crippen MR) is 71.1 cm³/mol. The van der Waals surface area contributed by atoms with E-state index < -0.39 is 0 Å².